The van der Waals surface area contributed by atoms with Crippen LogP contribution in [-0.2, 0) is 21.2 Å². The first kappa shape index (κ1) is 23.4. The molecule has 172 valence electrons. The number of carbonyl (C=O) groups is 1. The van der Waals surface area contributed by atoms with Crippen molar-refractivity contribution in [1.82, 2.24) is 9.29 Å². The lowest BCUT2D eigenvalue weighted by Gasteiger charge is -2.30. The second-order valence-electron chi connectivity index (χ2n) is 8.23. The van der Waals surface area contributed by atoms with Gasteiger partial charge in [0.05, 0.1) is 26.7 Å². The monoisotopic (exact) mass is 482 g/mol. The van der Waals surface area contributed by atoms with E-state index in [1.807, 2.05) is 12.1 Å². The fourth-order valence-corrected chi connectivity index (χ4v) is 6.38. The summed E-state index contributed by atoms with van der Waals surface area (Å²) in [5.41, 5.74) is 2.57. The predicted octanol–water partition coefficient (Wildman–Crippen LogP) is 4.55. The van der Waals surface area contributed by atoms with Crippen molar-refractivity contribution in [1.29, 1.82) is 5.26 Å². The highest BCUT2D eigenvalue weighted by atomic mass is 32.2. The number of rotatable bonds is 7. The molecule has 33 heavy (non-hydrogen) atoms. The lowest BCUT2D eigenvalue weighted by molar-refractivity contribution is -0.120. The minimum atomic E-state index is -3.64. The average molecular weight is 483 g/mol. The Labute approximate surface area is 198 Å². The number of carbonyl (C=O) groups excluding carboxylic acids is 1. The molecular weight excluding hydrogens is 456 g/mol. The number of nitrogens with one attached hydrogen (secondary N) is 1. The van der Waals surface area contributed by atoms with Crippen molar-refractivity contribution in [3.8, 4) is 6.07 Å². The average Bonchev–Trinajstić information content (AvgIpc) is 3.24. The van der Waals surface area contributed by atoms with E-state index >= 15 is 0 Å². The molecule has 0 aliphatic carbocycles. The molecule has 1 N–H and O–H groups in total. The number of nitriles is 1. The number of aryl methyl sites for hydroxylation is 1. The third-order valence-electron chi connectivity index (χ3n) is 5.95. The zero-order valence-corrected chi connectivity index (χ0v) is 20.1. The Kier molecular flexibility index (Phi) is 7.08. The molecule has 1 fully saturated rings. The summed E-state index contributed by atoms with van der Waals surface area (Å²) in [4.78, 5) is 17.5. The number of fused-ring (bicyclic) bond motifs is 1. The second-order valence-corrected chi connectivity index (χ2v) is 11.2. The van der Waals surface area contributed by atoms with Crippen LogP contribution in [-0.4, -0.2) is 36.7 Å². The zero-order valence-electron chi connectivity index (χ0n) is 18.5. The van der Waals surface area contributed by atoms with Crippen LogP contribution in [0.1, 0.15) is 43.7 Å². The molecule has 1 saturated heterocycles. The van der Waals surface area contributed by atoms with Crippen molar-refractivity contribution in [2.45, 2.75) is 43.9 Å². The zero-order chi connectivity index (χ0) is 23.4. The molecule has 0 spiro atoms. The van der Waals surface area contributed by atoms with Gasteiger partial charge in [0.1, 0.15) is 0 Å². The molecule has 0 atom stereocenters. The summed E-state index contributed by atoms with van der Waals surface area (Å²) in [5, 5.41) is 12.4. The molecule has 0 saturated carbocycles. The van der Waals surface area contributed by atoms with Crippen molar-refractivity contribution in [2.24, 2.45) is 5.92 Å². The van der Waals surface area contributed by atoms with E-state index in [1.165, 1.54) is 45.5 Å². The first-order chi connectivity index (χ1) is 15.9. The third kappa shape index (κ3) is 5.24. The number of unbranched alkanes of at least 4 members (excludes halogenated alkanes) is 1. The van der Waals surface area contributed by atoms with E-state index in [0.717, 1.165) is 29.5 Å². The Morgan fingerprint density at radius 2 is 1.94 bits per heavy atom. The highest BCUT2D eigenvalue weighted by Crippen LogP contribution is 2.29. The molecule has 1 aliphatic rings. The molecular formula is C24H26N4O3S2. The van der Waals surface area contributed by atoms with Gasteiger partial charge in [0.2, 0.25) is 15.9 Å². The fraction of sp³-hybridized carbons (Fsp3) is 0.375. The molecule has 0 unspecified atom stereocenters. The number of hydrogen-bond acceptors (Lipinski definition) is 6. The molecule has 4 rings (SSSR count). The van der Waals surface area contributed by atoms with Gasteiger partial charge in [0.15, 0.2) is 5.13 Å². The summed E-state index contributed by atoms with van der Waals surface area (Å²) in [6.45, 7) is 2.73. The Hall–Kier alpha value is -2.80. The maximum Gasteiger partial charge on any atom is 0.243 e. The van der Waals surface area contributed by atoms with E-state index in [2.05, 4.69) is 29.4 Å². The molecule has 0 radical (unpaired) electrons. The van der Waals surface area contributed by atoms with E-state index in [-0.39, 0.29) is 29.8 Å². The van der Waals surface area contributed by atoms with Crippen LogP contribution >= 0.6 is 11.3 Å². The topological polar surface area (TPSA) is 103 Å². The number of piperidine rings is 1. The van der Waals surface area contributed by atoms with Crippen molar-refractivity contribution < 1.29 is 13.2 Å². The normalized spacial score (nSPS) is 15.4. The number of thiazole rings is 1. The van der Waals surface area contributed by atoms with Crippen LogP contribution in [0.2, 0.25) is 0 Å². The predicted molar refractivity (Wildman–Crippen MR) is 130 cm³/mol. The molecule has 2 aromatic carbocycles. The first-order valence-corrected chi connectivity index (χ1v) is 13.4. The van der Waals surface area contributed by atoms with Crippen LogP contribution in [0.4, 0.5) is 5.13 Å². The summed E-state index contributed by atoms with van der Waals surface area (Å²) >= 11 is 1.47. The summed E-state index contributed by atoms with van der Waals surface area (Å²) < 4.78 is 28.2. The maximum atomic E-state index is 12.9. The smallest absolute Gasteiger partial charge is 0.243 e. The quantitative estimate of drug-likeness (QED) is 0.532. The standard InChI is InChI=1S/C24H26N4O3S2/c1-2-3-4-17-7-10-21-22(15-17)32-24(26-21)27-23(29)19-11-13-28(14-12-19)33(30,31)20-8-5-18(16-25)6-9-20/h5-10,15,19H,2-4,11-14H2,1H3,(H,26,27,29). The van der Waals surface area contributed by atoms with Gasteiger partial charge < -0.3 is 5.32 Å². The number of nitrogens with zero attached hydrogens (tertiary/aromatic N) is 3. The molecule has 3 aromatic rings. The summed E-state index contributed by atoms with van der Waals surface area (Å²) in [7, 11) is -3.64. The Bertz CT molecular complexity index is 1290. The second kappa shape index (κ2) is 10.00. The van der Waals surface area contributed by atoms with Crippen LogP contribution in [0.25, 0.3) is 10.2 Å². The van der Waals surface area contributed by atoms with E-state index in [9.17, 15) is 13.2 Å². The van der Waals surface area contributed by atoms with Gasteiger partial charge in [-0.05, 0) is 67.6 Å². The third-order valence-corrected chi connectivity index (χ3v) is 8.79. The Balaban J connectivity index is 1.36. The SMILES string of the molecule is CCCCc1ccc2nc(NC(=O)C3CCN(S(=O)(=O)c4ccc(C#N)cc4)CC3)sc2c1. The Morgan fingerprint density at radius 1 is 1.21 bits per heavy atom. The molecule has 0 bridgehead atoms. The number of benzene rings is 2. The van der Waals surface area contributed by atoms with E-state index in [4.69, 9.17) is 5.26 Å². The van der Waals surface area contributed by atoms with E-state index in [0.29, 0.717) is 23.5 Å². The Morgan fingerprint density at radius 3 is 2.61 bits per heavy atom. The minimum Gasteiger partial charge on any atom is -0.302 e. The van der Waals surface area contributed by atoms with Gasteiger partial charge in [-0.1, -0.05) is 30.7 Å². The van der Waals surface area contributed by atoms with Crippen LogP contribution in [0.3, 0.4) is 0 Å². The van der Waals surface area contributed by atoms with Crippen molar-refractivity contribution in [2.75, 3.05) is 18.4 Å². The lowest BCUT2D eigenvalue weighted by atomic mass is 9.97. The van der Waals surface area contributed by atoms with Crippen molar-refractivity contribution >= 4 is 42.6 Å². The number of anilines is 1. The number of aromatic nitrogens is 1. The van der Waals surface area contributed by atoms with E-state index in [1.54, 1.807) is 0 Å². The van der Waals surface area contributed by atoms with Crippen LogP contribution in [0.5, 0.6) is 0 Å². The molecule has 1 aliphatic heterocycles. The molecule has 7 nitrogen and oxygen atoms in total. The van der Waals surface area contributed by atoms with Crippen molar-refractivity contribution in [3.63, 3.8) is 0 Å². The molecule has 9 heteroatoms. The first-order valence-electron chi connectivity index (χ1n) is 11.1. The van der Waals surface area contributed by atoms with Gasteiger partial charge in [0, 0.05) is 19.0 Å². The van der Waals surface area contributed by atoms with Crippen LogP contribution in [0.15, 0.2) is 47.4 Å². The van der Waals surface area contributed by atoms with Gasteiger partial charge in [-0.3, -0.25) is 4.79 Å². The van der Waals surface area contributed by atoms with Gasteiger partial charge in [-0.2, -0.15) is 9.57 Å². The highest BCUT2D eigenvalue weighted by molar-refractivity contribution is 7.89. The van der Waals surface area contributed by atoms with Crippen LogP contribution < -0.4 is 5.32 Å². The largest absolute Gasteiger partial charge is 0.302 e. The summed E-state index contributed by atoms with van der Waals surface area (Å²) in [6.07, 6.45) is 4.24. The van der Waals surface area contributed by atoms with Gasteiger partial charge in [0.25, 0.3) is 0 Å². The molecule has 1 aromatic heterocycles. The summed E-state index contributed by atoms with van der Waals surface area (Å²) in [6, 6.07) is 14.1. The fourth-order valence-electron chi connectivity index (χ4n) is 3.98. The number of amides is 1. The molecule has 2 heterocycles. The lowest BCUT2D eigenvalue weighted by Crippen LogP contribution is -2.41. The van der Waals surface area contributed by atoms with Gasteiger partial charge >= 0.3 is 0 Å². The van der Waals surface area contributed by atoms with E-state index < -0.39 is 10.0 Å². The van der Waals surface area contributed by atoms with Crippen molar-refractivity contribution in [3.05, 3.63) is 53.6 Å². The van der Waals surface area contributed by atoms with Gasteiger partial charge in [-0.25, -0.2) is 13.4 Å². The van der Waals surface area contributed by atoms with Crippen LogP contribution in [0, 0.1) is 17.2 Å². The minimum absolute atomic E-state index is 0.115. The maximum absolute atomic E-state index is 12.9. The highest BCUT2D eigenvalue weighted by Gasteiger charge is 2.32. The number of sulfonamides is 1. The number of hydrogen-bond donors (Lipinski definition) is 1. The molecule has 1 amide bonds. The van der Waals surface area contributed by atoms with Gasteiger partial charge in [-0.15, -0.1) is 0 Å². The summed E-state index contributed by atoms with van der Waals surface area (Å²) in [5.74, 6) is -0.375.